The molecule has 0 aliphatic rings. The van der Waals surface area contributed by atoms with Crippen LogP contribution in [0.4, 0.5) is 13.2 Å². The van der Waals surface area contributed by atoms with Gasteiger partial charge in [0.15, 0.2) is 0 Å². The second-order valence-electron chi connectivity index (χ2n) is 4.15. The normalized spacial score (nSPS) is 12.6. The van der Waals surface area contributed by atoms with Crippen LogP contribution in [0.15, 0.2) is 18.2 Å². The fourth-order valence-electron chi connectivity index (χ4n) is 1.61. The van der Waals surface area contributed by atoms with E-state index in [4.69, 9.17) is 0 Å². The molecular formula is C11H12F3N3. The van der Waals surface area contributed by atoms with Gasteiger partial charge in [0, 0.05) is 0 Å². The molecule has 1 heterocycles. The van der Waals surface area contributed by atoms with Crippen molar-refractivity contribution >= 4 is 11.0 Å². The van der Waals surface area contributed by atoms with Gasteiger partial charge >= 0.3 is 6.18 Å². The van der Waals surface area contributed by atoms with Crippen molar-refractivity contribution in [2.24, 2.45) is 0 Å². The van der Waals surface area contributed by atoms with Gasteiger partial charge in [-0.15, -0.1) is 0 Å². The van der Waals surface area contributed by atoms with Crippen molar-refractivity contribution in [3.8, 4) is 0 Å². The monoisotopic (exact) mass is 243 g/mol. The molecule has 0 aliphatic heterocycles. The van der Waals surface area contributed by atoms with Crippen molar-refractivity contribution in [3.05, 3.63) is 29.6 Å². The van der Waals surface area contributed by atoms with Gasteiger partial charge in [-0.3, -0.25) is 0 Å². The molecule has 1 aromatic carbocycles. The summed E-state index contributed by atoms with van der Waals surface area (Å²) in [6, 6.07) is 3.51. The molecule has 92 valence electrons. The standard InChI is InChI=1S/C11H12F3N3/c1-17(2)6-10-15-8-4-3-7(11(12,13)14)5-9(8)16-10/h3-5H,6H2,1-2H3,(H,15,16). The summed E-state index contributed by atoms with van der Waals surface area (Å²) in [6.07, 6.45) is -4.32. The molecule has 2 aromatic rings. The Morgan fingerprint density at radius 2 is 2.00 bits per heavy atom. The van der Waals surface area contributed by atoms with Gasteiger partial charge in [-0.2, -0.15) is 13.2 Å². The number of fused-ring (bicyclic) bond motifs is 1. The van der Waals surface area contributed by atoms with Gasteiger partial charge in [-0.25, -0.2) is 4.98 Å². The van der Waals surface area contributed by atoms with Crippen molar-refractivity contribution in [1.82, 2.24) is 14.9 Å². The molecule has 0 atom stereocenters. The van der Waals surface area contributed by atoms with E-state index in [-0.39, 0.29) is 0 Å². The van der Waals surface area contributed by atoms with E-state index < -0.39 is 11.7 Å². The van der Waals surface area contributed by atoms with E-state index in [1.165, 1.54) is 6.07 Å². The summed E-state index contributed by atoms with van der Waals surface area (Å²) in [5.74, 6) is 0.657. The molecule has 0 bridgehead atoms. The van der Waals surface area contributed by atoms with Crippen LogP contribution in [0.3, 0.4) is 0 Å². The predicted octanol–water partition coefficient (Wildman–Crippen LogP) is 2.64. The van der Waals surface area contributed by atoms with E-state index in [1.807, 2.05) is 19.0 Å². The number of rotatable bonds is 2. The van der Waals surface area contributed by atoms with E-state index in [0.717, 1.165) is 12.1 Å². The first kappa shape index (κ1) is 11.9. The molecule has 6 heteroatoms. The molecule has 17 heavy (non-hydrogen) atoms. The van der Waals surface area contributed by atoms with Crippen LogP contribution >= 0.6 is 0 Å². The minimum absolute atomic E-state index is 0.414. The SMILES string of the molecule is CN(C)Cc1nc2ccc(C(F)(F)F)cc2[nH]1. The average Bonchev–Trinajstić information content (AvgIpc) is 2.55. The smallest absolute Gasteiger partial charge is 0.341 e. The fraction of sp³-hybridized carbons (Fsp3) is 0.364. The number of H-pyrrole nitrogens is 1. The third-order valence-corrected chi connectivity index (χ3v) is 2.32. The molecule has 2 rings (SSSR count). The second kappa shape index (κ2) is 4.03. The molecular weight excluding hydrogens is 231 g/mol. The molecule has 0 spiro atoms. The van der Waals surface area contributed by atoms with E-state index in [9.17, 15) is 13.2 Å². The summed E-state index contributed by atoms with van der Waals surface area (Å²) in [4.78, 5) is 8.99. The molecule has 0 aliphatic carbocycles. The van der Waals surface area contributed by atoms with Crippen LogP contribution in [0.5, 0.6) is 0 Å². The third kappa shape index (κ3) is 2.58. The third-order valence-electron chi connectivity index (χ3n) is 2.32. The number of imidazole rings is 1. The lowest BCUT2D eigenvalue weighted by atomic mass is 10.2. The molecule has 0 radical (unpaired) electrons. The zero-order valence-corrected chi connectivity index (χ0v) is 9.47. The zero-order valence-electron chi connectivity index (χ0n) is 9.47. The fourth-order valence-corrected chi connectivity index (χ4v) is 1.61. The van der Waals surface area contributed by atoms with Gasteiger partial charge in [-0.05, 0) is 32.3 Å². The number of benzene rings is 1. The van der Waals surface area contributed by atoms with Crippen molar-refractivity contribution in [3.63, 3.8) is 0 Å². The van der Waals surface area contributed by atoms with E-state index in [2.05, 4.69) is 9.97 Å². The highest BCUT2D eigenvalue weighted by Crippen LogP contribution is 2.30. The number of nitrogens with zero attached hydrogens (tertiary/aromatic N) is 2. The molecule has 3 nitrogen and oxygen atoms in total. The predicted molar refractivity (Wildman–Crippen MR) is 58.5 cm³/mol. The van der Waals surface area contributed by atoms with Gasteiger partial charge in [0.2, 0.25) is 0 Å². The van der Waals surface area contributed by atoms with Gasteiger partial charge in [0.1, 0.15) is 5.82 Å². The van der Waals surface area contributed by atoms with Gasteiger partial charge in [0.25, 0.3) is 0 Å². The summed E-state index contributed by atoms with van der Waals surface area (Å²) in [7, 11) is 3.74. The Balaban J connectivity index is 2.41. The number of halogens is 3. The Labute approximate surface area is 96.3 Å². The van der Waals surface area contributed by atoms with Gasteiger partial charge in [-0.1, -0.05) is 0 Å². The molecule has 0 fully saturated rings. The molecule has 0 unspecified atom stereocenters. The first-order valence-electron chi connectivity index (χ1n) is 5.07. The Morgan fingerprint density at radius 3 is 2.59 bits per heavy atom. The van der Waals surface area contributed by atoms with Crippen LogP contribution in [0.1, 0.15) is 11.4 Å². The van der Waals surface area contributed by atoms with Crippen LogP contribution in [-0.4, -0.2) is 29.0 Å². The Morgan fingerprint density at radius 1 is 1.29 bits per heavy atom. The maximum atomic E-state index is 12.5. The summed E-state index contributed by atoms with van der Waals surface area (Å²) < 4.78 is 37.5. The largest absolute Gasteiger partial charge is 0.416 e. The van der Waals surface area contributed by atoms with E-state index >= 15 is 0 Å². The van der Waals surface area contributed by atoms with Crippen molar-refractivity contribution in [2.45, 2.75) is 12.7 Å². The Hall–Kier alpha value is -1.56. The van der Waals surface area contributed by atoms with Crippen molar-refractivity contribution in [1.29, 1.82) is 0 Å². The minimum atomic E-state index is -4.32. The van der Waals surface area contributed by atoms with Crippen molar-refractivity contribution in [2.75, 3.05) is 14.1 Å². The molecule has 1 aromatic heterocycles. The number of hydrogen-bond donors (Lipinski definition) is 1. The van der Waals surface area contributed by atoms with Gasteiger partial charge < -0.3 is 9.88 Å². The highest BCUT2D eigenvalue weighted by Gasteiger charge is 2.30. The Kier molecular flexibility index (Phi) is 2.82. The lowest BCUT2D eigenvalue weighted by Gasteiger charge is -2.05. The van der Waals surface area contributed by atoms with Crippen LogP contribution < -0.4 is 0 Å². The lowest BCUT2D eigenvalue weighted by Crippen LogP contribution is -2.11. The first-order valence-corrected chi connectivity index (χ1v) is 5.07. The number of aromatic nitrogens is 2. The summed E-state index contributed by atoms with van der Waals surface area (Å²) in [5, 5.41) is 0. The topological polar surface area (TPSA) is 31.9 Å². The minimum Gasteiger partial charge on any atom is -0.341 e. The summed E-state index contributed by atoms with van der Waals surface area (Å²) >= 11 is 0. The summed E-state index contributed by atoms with van der Waals surface area (Å²) in [6.45, 7) is 0.566. The van der Waals surface area contributed by atoms with E-state index in [1.54, 1.807) is 0 Å². The lowest BCUT2D eigenvalue weighted by molar-refractivity contribution is -0.137. The molecule has 0 amide bonds. The highest BCUT2D eigenvalue weighted by atomic mass is 19.4. The molecule has 1 N–H and O–H groups in total. The average molecular weight is 243 g/mol. The van der Waals surface area contributed by atoms with Gasteiger partial charge in [0.05, 0.1) is 23.1 Å². The molecule has 0 saturated heterocycles. The number of aromatic amines is 1. The van der Waals surface area contributed by atoms with Crippen LogP contribution in [0.2, 0.25) is 0 Å². The quantitative estimate of drug-likeness (QED) is 0.879. The van der Waals surface area contributed by atoms with E-state index in [0.29, 0.717) is 23.4 Å². The van der Waals surface area contributed by atoms with Crippen LogP contribution in [0.25, 0.3) is 11.0 Å². The van der Waals surface area contributed by atoms with Crippen LogP contribution in [0, 0.1) is 0 Å². The first-order chi connectivity index (χ1) is 7.86. The maximum absolute atomic E-state index is 12.5. The number of alkyl halides is 3. The highest BCUT2D eigenvalue weighted by molar-refractivity contribution is 5.76. The van der Waals surface area contributed by atoms with Crippen molar-refractivity contribution < 1.29 is 13.2 Å². The summed E-state index contributed by atoms with van der Waals surface area (Å²) in [5.41, 5.74) is 0.302. The molecule has 0 saturated carbocycles. The number of hydrogen-bond acceptors (Lipinski definition) is 2. The van der Waals surface area contributed by atoms with Crippen LogP contribution in [-0.2, 0) is 12.7 Å². The zero-order chi connectivity index (χ0) is 12.6. The Bertz CT molecular complexity index is 528. The number of nitrogens with one attached hydrogen (secondary N) is 1. The maximum Gasteiger partial charge on any atom is 0.416 e. The second-order valence-corrected chi connectivity index (χ2v) is 4.15.